The SMILES string of the molecule is CCCN(CCBr)S(=O)(=O)c1ccccc1Br. The Kier molecular flexibility index (Phi) is 6.12. The van der Waals surface area contributed by atoms with E-state index in [1.807, 2.05) is 6.92 Å². The predicted molar refractivity (Wildman–Crippen MR) is 77.0 cm³/mol. The first-order valence-corrected chi connectivity index (χ1v) is 8.70. The standard InChI is InChI=1S/C11H15Br2NO2S/c1-2-8-14(9-7-12)17(15,16)11-6-4-3-5-10(11)13/h3-6H,2,7-9H2,1H3. The van der Waals surface area contributed by atoms with Gasteiger partial charge in [-0.1, -0.05) is 35.0 Å². The van der Waals surface area contributed by atoms with Gasteiger partial charge in [0.05, 0.1) is 4.90 Å². The molecule has 0 N–H and O–H groups in total. The Hall–Kier alpha value is 0.0900. The molecule has 0 amide bonds. The zero-order valence-electron chi connectivity index (χ0n) is 9.57. The fourth-order valence-corrected chi connectivity index (χ4v) is 4.65. The molecule has 0 atom stereocenters. The van der Waals surface area contributed by atoms with Crippen molar-refractivity contribution in [1.29, 1.82) is 0 Å². The lowest BCUT2D eigenvalue weighted by atomic mass is 10.4. The van der Waals surface area contributed by atoms with Crippen LogP contribution in [-0.4, -0.2) is 31.1 Å². The molecule has 0 saturated carbocycles. The van der Waals surface area contributed by atoms with Crippen molar-refractivity contribution in [2.45, 2.75) is 18.2 Å². The molecule has 3 nitrogen and oxygen atoms in total. The van der Waals surface area contributed by atoms with Gasteiger partial charge < -0.3 is 0 Å². The number of hydrogen-bond donors (Lipinski definition) is 0. The van der Waals surface area contributed by atoms with Crippen molar-refractivity contribution >= 4 is 41.9 Å². The van der Waals surface area contributed by atoms with Crippen molar-refractivity contribution in [3.8, 4) is 0 Å². The van der Waals surface area contributed by atoms with Gasteiger partial charge in [0.25, 0.3) is 0 Å². The zero-order valence-corrected chi connectivity index (χ0v) is 13.6. The maximum Gasteiger partial charge on any atom is 0.244 e. The molecule has 0 aromatic heterocycles. The highest BCUT2D eigenvalue weighted by Gasteiger charge is 2.24. The van der Waals surface area contributed by atoms with Gasteiger partial charge in [0.2, 0.25) is 10.0 Å². The van der Waals surface area contributed by atoms with Gasteiger partial charge in [-0.15, -0.1) is 0 Å². The minimum absolute atomic E-state index is 0.328. The van der Waals surface area contributed by atoms with E-state index in [-0.39, 0.29) is 0 Å². The summed E-state index contributed by atoms with van der Waals surface area (Å²) in [4.78, 5) is 0.328. The summed E-state index contributed by atoms with van der Waals surface area (Å²) in [6.07, 6.45) is 0.802. The average molecular weight is 385 g/mol. The number of nitrogens with zero attached hydrogens (tertiary/aromatic N) is 1. The van der Waals surface area contributed by atoms with Crippen molar-refractivity contribution in [1.82, 2.24) is 4.31 Å². The van der Waals surface area contributed by atoms with Crippen LogP contribution in [0.3, 0.4) is 0 Å². The van der Waals surface area contributed by atoms with E-state index < -0.39 is 10.0 Å². The molecule has 1 aromatic carbocycles. The molecule has 0 aliphatic carbocycles. The van der Waals surface area contributed by atoms with Crippen LogP contribution in [0.15, 0.2) is 33.6 Å². The molecular weight excluding hydrogens is 370 g/mol. The molecule has 17 heavy (non-hydrogen) atoms. The van der Waals surface area contributed by atoms with Gasteiger partial charge in [0.15, 0.2) is 0 Å². The summed E-state index contributed by atoms with van der Waals surface area (Å²) in [5.41, 5.74) is 0. The summed E-state index contributed by atoms with van der Waals surface area (Å²) in [6.45, 7) is 2.99. The Morgan fingerprint density at radius 3 is 2.41 bits per heavy atom. The molecule has 0 unspecified atom stereocenters. The predicted octanol–water partition coefficient (Wildman–Crippen LogP) is 3.24. The van der Waals surface area contributed by atoms with E-state index in [9.17, 15) is 8.42 Å². The maximum absolute atomic E-state index is 12.4. The lowest BCUT2D eigenvalue weighted by molar-refractivity contribution is 0.430. The summed E-state index contributed by atoms with van der Waals surface area (Å²) in [5.74, 6) is 0. The fourth-order valence-electron chi connectivity index (χ4n) is 1.49. The van der Waals surface area contributed by atoms with E-state index in [1.54, 1.807) is 24.3 Å². The summed E-state index contributed by atoms with van der Waals surface area (Å²) in [7, 11) is -3.40. The normalized spacial score (nSPS) is 12.0. The molecule has 0 aliphatic heterocycles. The molecule has 1 aromatic rings. The molecule has 0 radical (unpaired) electrons. The lowest BCUT2D eigenvalue weighted by Gasteiger charge is -2.21. The van der Waals surface area contributed by atoms with E-state index in [0.29, 0.717) is 27.8 Å². The summed E-state index contributed by atoms with van der Waals surface area (Å²) >= 11 is 6.57. The number of hydrogen-bond acceptors (Lipinski definition) is 2. The second kappa shape index (κ2) is 6.87. The highest BCUT2D eigenvalue weighted by molar-refractivity contribution is 9.10. The Morgan fingerprint density at radius 2 is 1.88 bits per heavy atom. The second-order valence-electron chi connectivity index (χ2n) is 3.52. The minimum Gasteiger partial charge on any atom is -0.207 e. The van der Waals surface area contributed by atoms with Crippen molar-refractivity contribution in [2.24, 2.45) is 0 Å². The third-order valence-corrected chi connectivity index (χ3v) is 5.53. The van der Waals surface area contributed by atoms with E-state index >= 15 is 0 Å². The Morgan fingerprint density at radius 1 is 1.24 bits per heavy atom. The van der Waals surface area contributed by atoms with Crippen LogP contribution >= 0.6 is 31.9 Å². The Labute approximate surface area is 120 Å². The number of rotatable bonds is 6. The van der Waals surface area contributed by atoms with Gasteiger partial charge in [-0.2, -0.15) is 4.31 Å². The van der Waals surface area contributed by atoms with Crippen LogP contribution in [0.25, 0.3) is 0 Å². The first kappa shape index (κ1) is 15.1. The third kappa shape index (κ3) is 3.77. The summed E-state index contributed by atoms with van der Waals surface area (Å²) in [6, 6.07) is 6.90. The number of benzene rings is 1. The topological polar surface area (TPSA) is 37.4 Å². The molecule has 6 heteroatoms. The minimum atomic E-state index is -3.40. The first-order chi connectivity index (χ1) is 8.04. The number of halogens is 2. The van der Waals surface area contributed by atoms with Crippen LogP contribution in [0, 0.1) is 0 Å². The largest absolute Gasteiger partial charge is 0.244 e. The van der Waals surface area contributed by atoms with Crippen molar-refractivity contribution < 1.29 is 8.42 Å². The van der Waals surface area contributed by atoms with Gasteiger partial charge in [0, 0.05) is 22.9 Å². The van der Waals surface area contributed by atoms with E-state index in [1.165, 1.54) is 4.31 Å². The fraction of sp³-hybridized carbons (Fsp3) is 0.455. The van der Waals surface area contributed by atoms with Gasteiger partial charge in [0.1, 0.15) is 0 Å². The van der Waals surface area contributed by atoms with E-state index in [4.69, 9.17) is 0 Å². The van der Waals surface area contributed by atoms with E-state index in [0.717, 1.165) is 6.42 Å². The van der Waals surface area contributed by atoms with Gasteiger partial charge >= 0.3 is 0 Å². The van der Waals surface area contributed by atoms with Crippen LogP contribution in [0.2, 0.25) is 0 Å². The average Bonchev–Trinajstić information content (AvgIpc) is 2.29. The van der Waals surface area contributed by atoms with Crippen LogP contribution in [0.4, 0.5) is 0 Å². The molecule has 0 heterocycles. The molecule has 0 fully saturated rings. The summed E-state index contributed by atoms with van der Waals surface area (Å²) in [5, 5.41) is 0.636. The van der Waals surface area contributed by atoms with Crippen molar-refractivity contribution in [3.05, 3.63) is 28.7 Å². The number of alkyl halides is 1. The molecule has 0 saturated heterocycles. The molecule has 1 rings (SSSR count). The van der Waals surface area contributed by atoms with Gasteiger partial charge in [-0.25, -0.2) is 8.42 Å². The van der Waals surface area contributed by atoms with Crippen molar-refractivity contribution in [2.75, 3.05) is 18.4 Å². The van der Waals surface area contributed by atoms with Gasteiger partial charge in [-0.05, 0) is 34.5 Å². The van der Waals surface area contributed by atoms with E-state index in [2.05, 4.69) is 31.9 Å². The van der Waals surface area contributed by atoms with Gasteiger partial charge in [-0.3, -0.25) is 0 Å². The Balaban J connectivity index is 3.12. The summed E-state index contributed by atoms with van der Waals surface area (Å²) < 4.78 is 26.9. The highest BCUT2D eigenvalue weighted by atomic mass is 79.9. The molecule has 0 spiro atoms. The van der Waals surface area contributed by atoms with Crippen LogP contribution in [0.5, 0.6) is 0 Å². The first-order valence-electron chi connectivity index (χ1n) is 5.34. The Bertz CT molecular complexity index is 456. The lowest BCUT2D eigenvalue weighted by Crippen LogP contribution is -2.33. The highest BCUT2D eigenvalue weighted by Crippen LogP contribution is 2.24. The second-order valence-corrected chi connectivity index (χ2v) is 7.08. The third-order valence-electron chi connectivity index (χ3n) is 2.26. The molecular formula is C11H15Br2NO2S. The molecule has 0 aliphatic rings. The quantitative estimate of drug-likeness (QED) is 0.706. The zero-order chi connectivity index (χ0) is 12.9. The molecule has 96 valence electrons. The van der Waals surface area contributed by atoms with Crippen LogP contribution < -0.4 is 0 Å². The maximum atomic E-state index is 12.4. The monoisotopic (exact) mass is 383 g/mol. The smallest absolute Gasteiger partial charge is 0.207 e. The van der Waals surface area contributed by atoms with Crippen LogP contribution in [-0.2, 0) is 10.0 Å². The van der Waals surface area contributed by atoms with Crippen molar-refractivity contribution in [3.63, 3.8) is 0 Å². The number of sulfonamides is 1. The molecule has 0 bridgehead atoms. The van der Waals surface area contributed by atoms with Crippen LogP contribution in [0.1, 0.15) is 13.3 Å².